The van der Waals surface area contributed by atoms with Crippen molar-refractivity contribution in [3.8, 4) is 11.5 Å². The highest BCUT2D eigenvalue weighted by Crippen LogP contribution is 2.44. The van der Waals surface area contributed by atoms with Gasteiger partial charge >= 0.3 is 7.12 Å². The molecule has 5 rings (SSSR count). The molecule has 0 saturated carbocycles. The topological polar surface area (TPSA) is 51.2 Å². The Bertz CT molecular complexity index is 1130. The van der Waals surface area contributed by atoms with Crippen LogP contribution in [0.4, 0.5) is 4.39 Å². The van der Waals surface area contributed by atoms with Crippen molar-refractivity contribution in [3.63, 3.8) is 0 Å². The van der Waals surface area contributed by atoms with E-state index in [0.717, 1.165) is 78.8 Å². The molecule has 2 aromatic rings. The van der Waals surface area contributed by atoms with Gasteiger partial charge in [-0.3, -0.25) is 9.29 Å². The van der Waals surface area contributed by atoms with Crippen LogP contribution in [0, 0.1) is 0 Å². The minimum absolute atomic E-state index is 0.131. The van der Waals surface area contributed by atoms with E-state index in [-0.39, 0.29) is 18.5 Å². The van der Waals surface area contributed by atoms with E-state index in [1.165, 1.54) is 0 Å². The number of phenols is 1. The molecule has 2 fully saturated rings. The zero-order valence-corrected chi connectivity index (χ0v) is 22.6. The number of rotatable bonds is 7. The molecule has 0 unspecified atom stereocenters. The van der Waals surface area contributed by atoms with E-state index in [0.29, 0.717) is 6.42 Å². The summed E-state index contributed by atoms with van der Waals surface area (Å²) in [6, 6.07) is 14.0. The smallest absolute Gasteiger partial charge is 0.491 e. The highest BCUT2D eigenvalue weighted by Gasteiger charge is 2.53. The second kappa shape index (κ2) is 10.4. The highest BCUT2D eigenvalue weighted by atomic mass is 19.1. The number of hydrogen-bond acceptors (Lipinski definition) is 5. The molecule has 1 atom stereocenters. The number of ether oxygens (including phenoxy) is 1. The summed E-state index contributed by atoms with van der Waals surface area (Å²) in [6.07, 6.45) is 4.38. The molecule has 0 bridgehead atoms. The maximum Gasteiger partial charge on any atom is 0.491 e. The van der Waals surface area contributed by atoms with Crippen LogP contribution in [-0.4, -0.2) is 60.7 Å². The van der Waals surface area contributed by atoms with Crippen molar-refractivity contribution in [2.75, 3.05) is 26.3 Å². The van der Waals surface area contributed by atoms with Gasteiger partial charge in [0, 0.05) is 19.6 Å². The molecule has 0 radical (unpaired) electrons. The van der Waals surface area contributed by atoms with Crippen molar-refractivity contribution < 1.29 is 23.5 Å². The van der Waals surface area contributed by atoms with Crippen LogP contribution in [-0.2, 0) is 15.7 Å². The number of phenolic OH excluding ortho intramolecular Hbond substituents is 1. The Labute approximate surface area is 220 Å². The van der Waals surface area contributed by atoms with Gasteiger partial charge in [0.1, 0.15) is 17.6 Å². The van der Waals surface area contributed by atoms with Crippen LogP contribution in [0.15, 0.2) is 47.9 Å². The van der Waals surface area contributed by atoms with Gasteiger partial charge in [-0.2, -0.15) is 0 Å². The van der Waals surface area contributed by atoms with E-state index in [1.54, 1.807) is 6.07 Å². The lowest BCUT2D eigenvalue weighted by Crippen LogP contribution is -2.41. The predicted octanol–water partition coefficient (Wildman–Crippen LogP) is 5.97. The van der Waals surface area contributed by atoms with Crippen LogP contribution in [0.25, 0.3) is 5.57 Å². The second-order valence-electron chi connectivity index (χ2n) is 11.6. The molecule has 2 aromatic carbocycles. The van der Waals surface area contributed by atoms with Crippen LogP contribution in [0.3, 0.4) is 0 Å². The lowest BCUT2D eigenvalue weighted by Gasteiger charge is -2.32. The quantitative estimate of drug-likeness (QED) is 0.468. The average Bonchev–Trinajstić information content (AvgIpc) is 3.31. The fourth-order valence-electron chi connectivity index (χ4n) is 5.63. The first kappa shape index (κ1) is 26.3. The first-order valence-corrected chi connectivity index (χ1v) is 13.6. The van der Waals surface area contributed by atoms with Gasteiger partial charge in [0.25, 0.3) is 0 Å². The molecule has 0 amide bonds. The standard InChI is InChI=1S/C30H39BFNO4/c1-29(2)30(3,4)37-31(36-29)27-8-5-7-22-19-23(34)11-14-26(22)28(27)21-9-12-24(13-10-21)35-25-15-18-33(20-25)17-6-16-32/h9-14,19,25,34H,5-8,15-18,20H2,1-4H3/t25-/m0/s1. The van der Waals surface area contributed by atoms with E-state index >= 15 is 0 Å². The largest absolute Gasteiger partial charge is 0.508 e. The van der Waals surface area contributed by atoms with Crippen molar-refractivity contribution in [2.24, 2.45) is 0 Å². The van der Waals surface area contributed by atoms with Gasteiger partial charge in [0.05, 0.1) is 17.9 Å². The van der Waals surface area contributed by atoms with Gasteiger partial charge < -0.3 is 19.2 Å². The maximum atomic E-state index is 12.5. The summed E-state index contributed by atoms with van der Waals surface area (Å²) in [4.78, 5) is 2.28. The van der Waals surface area contributed by atoms with Gasteiger partial charge in [0.2, 0.25) is 0 Å². The van der Waals surface area contributed by atoms with Crippen LogP contribution in [0.5, 0.6) is 11.5 Å². The summed E-state index contributed by atoms with van der Waals surface area (Å²) in [5.74, 6) is 1.14. The molecule has 2 aliphatic heterocycles. The number of hydrogen-bond donors (Lipinski definition) is 1. The number of likely N-dealkylation sites (tertiary alicyclic amines) is 1. The monoisotopic (exact) mass is 507 g/mol. The molecule has 1 aliphatic carbocycles. The molecule has 198 valence electrons. The third-order valence-electron chi connectivity index (χ3n) is 8.39. The van der Waals surface area contributed by atoms with Crippen molar-refractivity contribution in [3.05, 3.63) is 64.6 Å². The zero-order chi connectivity index (χ0) is 26.2. The number of halogens is 1. The molecule has 7 heteroatoms. The van der Waals surface area contributed by atoms with Crippen LogP contribution in [0.1, 0.15) is 70.1 Å². The number of benzene rings is 2. The lowest BCUT2D eigenvalue weighted by molar-refractivity contribution is 0.00578. The molecule has 0 spiro atoms. The van der Waals surface area contributed by atoms with Crippen LogP contribution in [0.2, 0.25) is 0 Å². The maximum absolute atomic E-state index is 12.5. The van der Waals surface area contributed by atoms with Gasteiger partial charge in [-0.25, -0.2) is 0 Å². The number of aryl methyl sites for hydroxylation is 1. The summed E-state index contributed by atoms with van der Waals surface area (Å²) in [7, 11) is -0.426. The molecule has 37 heavy (non-hydrogen) atoms. The first-order valence-electron chi connectivity index (χ1n) is 13.6. The van der Waals surface area contributed by atoms with Crippen LogP contribution < -0.4 is 4.74 Å². The number of aromatic hydroxyl groups is 1. The molecule has 1 N–H and O–H groups in total. The van der Waals surface area contributed by atoms with E-state index in [1.807, 2.05) is 24.3 Å². The van der Waals surface area contributed by atoms with Crippen molar-refractivity contribution in [1.29, 1.82) is 0 Å². The zero-order valence-electron chi connectivity index (χ0n) is 22.6. The normalized spacial score (nSPS) is 23.3. The Morgan fingerprint density at radius 1 is 1.05 bits per heavy atom. The minimum atomic E-state index is -0.426. The Kier molecular flexibility index (Phi) is 7.41. The molecule has 5 nitrogen and oxygen atoms in total. The Morgan fingerprint density at radius 2 is 1.78 bits per heavy atom. The minimum Gasteiger partial charge on any atom is -0.508 e. The average molecular weight is 507 g/mol. The van der Waals surface area contributed by atoms with Gasteiger partial charge in [-0.15, -0.1) is 0 Å². The molecular weight excluding hydrogens is 468 g/mol. The first-order chi connectivity index (χ1) is 17.7. The summed E-state index contributed by atoms with van der Waals surface area (Å²) >= 11 is 0. The number of allylic oxidation sites excluding steroid dienone is 1. The predicted molar refractivity (Wildman–Crippen MR) is 146 cm³/mol. The van der Waals surface area contributed by atoms with E-state index < -0.39 is 18.3 Å². The van der Waals surface area contributed by atoms with Crippen molar-refractivity contribution in [2.45, 2.75) is 77.1 Å². The molecular formula is C30H39BFNO4. The third-order valence-corrected chi connectivity index (χ3v) is 8.39. The van der Waals surface area contributed by atoms with E-state index in [4.69, 9.17) is 14.0 Å². The summed E-state index contributed by atoms with van der Waals surface area (Å²) in [5.41, 5.74) is 4.77. The highest BCUT2D eigenvalue weighted by molar-refractivity contribution is 6.56. The Balaban J connectivity index is 1.45. The molecule has 2 saturated heterocycles. The second-order valence-corrected chi connectivity index (χ2v) is 11.6. The fraction of sp³-hybridized carbons (Fsp3) is 0.533. The van der Waals surface area contributed by atoms with Crippen molar-refractivity contribution >= 4 is 12.7 Å². The SMILES string of the molecule is CC1(C)OB(C2=C(c3ccc(O[C@H]4CCN(CCCF)C4)cc3)c3ccc(O)cc3CCC2)OC1(C)C. The lowest BCUT2D eigenvalue weighted by atomic mass is 9.70. The van der Waals surface area contributed by atoms with Gasteiger partial charge in [0.15, 0.2) is 0 Å². The third kappa shape index (κ3) is 5.45. The molecule has 2 heterocycles. The molecule has 3 aliphatic rings. The summed E-state index contributed by atoms with van der Waals surface area (Å²) < 4.78 is 31.9. The van der Waals surface area contributed by atoms with Crippen molar-refractivity contribution in [1.82, 2.24) is 4.90 Å². The Hall–Kier alpha value is -2.35. The van der Waals surface area contributed by atoms with Crippen LogP contribution >= 0.6 is 0 Å². The van der Waals surface area contributed by atoms with E-state index in [9.17, 15) is 9.50 Å². The summed E-state index contributed by atoms with van der Waals surface area (Å²) in [6.45, 7) is 10.7. The van der Waals surface area contributed by atoms with Gasteiger partial charge in [-0.1, -0.05) is 18.2 Å². The molecule has 0 aromatic heterocycles. The van der Waals surface area contributed by atoms with E-state index in [2.05, 4.69) is 44.7 Å². The number of fused-ring (bicyclic) bond motifs is 1. The Morgan fingerprint density at radius 3 is 2.49 bits per heavy atom. The van der Waals surface area contributed by atoms with Gasteiger partial charge in [-0.05, 0) is 112 Å². The fourth-order valence-corrected chi connectivity index (χ4v) is 5.63. The number of alkyl halides is 1. The number of nitrogens with zero attached hydrogens (tertiary/aromatic N) is 1. The summed E-state index contributed by atoms with van der Waals surface area (Å²) in [5, 5.41) is 10.2.